The van der Waals surface area contributed by atoms with Crippen LogP contribution in [-0.4, -0.2) is 34.7 Å². The number of aromatic nitrogens is 1. The van der Waals surface area contributed by atoms with E-state index in [-0.39, 0.29) is 6.54 Å². The number of carbonyl (C=O) groups is 3. The van der Waals surface area contributed by atoms with E-state index >= 15 is 0 Å². The van der Waals surface area contributed by atoms with E-state index in [1.165, 1.54) is 16.8 Å². The monoisotopic (exact) mass is 256 g/mol. The Morgan fingerprint density at radius 3 is 2.82 bits per heavy atom. The minimum atomic E-state index is -1.46. The van der Waals surface area contributed by atoms with Crippen molar-refractivity contribution in [2.45, 2.75) is 5.54 Å². The van der Waals surface area contributed by atoms with E-state index in [9.17, 15) is 14.4 Å². The number of carboxylic acid groups (broad SMARTS) is 1. The van der Waals surface area contributed by atoms with Crippen LogP contribution in [0.15, 0.2) is 10.9 Å². The summed E-state index contributed by atoms with van der Waals surface area (Å²) in [7, 11) is 0. The molecular weight excluding hydrogens is 248 g/mol. The molecule has 1 aliphatic rings. The van der Waals surface area contributed by atoms with Crippen LogP contribution in [0.3, 0.4) is 0 Å². The van der Waals surface area contributed by atoms with E-state index in [1.54, 1.807) is 5.38 Å². The van der Waals surface area contributed by atoms with Gasteiger partial charge in [-0.2, -0.15) is 0 Å². The highest BCUT2D eigenvalue weighted by Gasteiger charge is 2.49. The maximum absolute atomic E-state index is 11.8. The molecule has 0 aromatic carbocycles. The first-order chi connectivity index (χ1) is 8.04. The first-order valence-electron chi connectivity index (χ1n) is 4.53. The van der Waals surface area contributed by atoms with Gasteiger partial charge in [0.05, 0.1) is 17.7 Å². The van der Waals surface area contributed by atoms with Crippen LogP contribution in [0, 0.1) is 0 Å². The Morgan fingerprint density at radius 2 is 2.35 bits per heavy atom. The fourth-order valence-electron chi connectivity index (χ4n) is 1.52. The van der Waals surface area contributed by atoms with Gasteiger partial charge < -0.3 is 15.7 Å². The van der Waals surface area contributed by atoms with Gasteiger partial charge in [0.2, 0.25) is 0 Å². The molecule has 2 heterocycles. The number of amides is 4. The molecule has 9 heteroatoms. The van der Waals surface area contributed by atoms with Crippen molar-refractivity contribution in [1.82, 2.24) is 20.9 Å². The molecule has 1 saturated heterocycles. The van der Waals surface area contributed by atoms with Crippen LogP contribution in [0.2, 0.25) is 0 Å². The van der Waals surface area contributed by atoms with E-state index in [4.69, 9.17) is 5.11 Å². The molecule has 17 heavy (non-hydrogen) atoms. The molecule has 4 amide bonds. The number of urea groups is 1. The predicted octanol–water partition coefficient (Wildman–Crippen LogP) is -0.555. The topological polar surface area (TPSA) is 120 Å². The van der Waals surface area contributed by atoms with Crippen LogP contribution >= 0.6 is 11.3 Å². The molecule has 1 aliphatic heterocycles. The number of hydrogen-bond donors (Lipinski definition) is 4. The minimum absolute atomic E-state index is 0.274. The summed E-state index contributed by atoms with van der Waals surface area (Å²) in [6, 6.07) is -0.671. The van der Waals surface area contributed by atoms with Crippen LogP contribution < -0.4 is 16.0 Å². The summed E-state index contributed by atoms with van der Waals surface area (Å²) in [4.78, 5) is 37.3. The van der Waals surface area contributed by atoms with Gasteiger partial charge in [-0.15, -0.1) is 11.3 Å². The second-order valence-corrected chi connectivity index (χ2v) is 4.06. The van der Waals surface area contributed by atoms with Crippen molar-refractivity contribution in [2.24, 2.45) is 0 Å². The highest BCUT2D eigenvalue weighted by Crippen LogP contribution is 2.24. The average Bonchev–Trinajstić information content (AvgIpc) is 2.84. The van der Waals surface area contributed by atoms with Gasteiger partial charge in [-0.1, -0.05) is 0 Å². The molecule has 1 aromatic rings. The Labute approximate surface area is 99.0 Å². The lowest BCUT2D eigenvalue weighted by atomic mass is 9.96. The Hall–Kier alpha value is -2.16. The van der Waals surface area contributed by atoms with Gasteiger partial charge in [-0.3, -0.25) is 10.1 Å². The summed E-state index contributed by atoms with van der Waals surface area (Å²) >= 11 is 1.24. The van der Waals surface area contributed by atoms with Gasteiger partial charge in [0.25, 0.3) is 5.91 Å². The molecule has 8 nitrogen and oxygen atoms in total. The molecule has 1 unspecified atom stereocenters. The van der Waals surface area contributed by atoms with Crippen molar-refractivity contribution in [3.63, 3.8) is 0 Å². The summed E-state index contributed by atoms with van der Waals surface area (Å²) in [5.41, 5.74) is 0.338. The number of rotatable bonds is 3. The fourth-order valence-corrected chi connectivity index (χ4v) is 2.14. The molecule has 1 aromatic heterocycles. The van der Waals surface area contributed by atoms with Crippen molar-refractivity contribution in [3.05, 3.63) is 16.6 Å². The first kappa shape index (κ1) is 11.3. The molecule has 4 N–H and O–H groups in total. The summed E-state index contributed by atoms with van der Waals surface area (Å²) in [6.45, 7) is -0.274. The van der Waals surface area contributed by atoms with Gasteiger partial charge in [-0.05, 0) is 0 Å². The highest BCUT2D eigenvalue weighted by atomic mass is 32.1. The van der Waals surface area contributed by atoms with Crippen molar-refractivity contribution < 1.29 is 19.5 Å². The summed E-state index contributed by atoms with van der Waals surface area (Å²) < 4.78 is 0. The molecule has 2 rings (SSSR count). The Morgan fingerprint density at radius 1 is 1.59 bits per heavy atom. The highest BCUT2D eigenvalue weighted by molar-refractivity contribution is 7.07. The Kier molecular flexibility index (Phi) is 2.68. The third-order valence-corrected chi connectivity index (χ3v) is 2.90. The number of thiazole rings is 1. The maximum Gasteiger partial charge on any atom is 0.404 e. The van der Waals surface area contributed by atoms with E-state index in [1.807, 2.05) is 0 Å². The van der Waals surface area contributed by atoms with Crippen molar-refractivity contribution in [2.75, 3.05) is 6.54 Å². The van der Waals surface area contributed by atoms with Crippen molar-refractivity contribution in [1.29, 1.82) is 0 Å². The Balaban J connectivity index is 2.33. The van der Waals surface area contributed by atoms with Crippen molar-refractivity contribution >= 4 is 29.4 Å². The number of carbonyl (C=O) groups excluding carboxylic acids is 2. The van der Waals surface area contributed by atoms with Gasteiger partial charge >= 0.3 is 12.1 Å². The quantitative estimate of drug-likeness (QED) is 0.540. The van der Waals surface area contributed by atoms with Crippen LogP contribution in [0.4, 0.5) is 9.59 Å². The zero-order valence-corrected chi connectivity index (χ0v) is 9.21. The smallest absolute Gasteiger partial charge is 0.404 e. The predicted molar refractivity (Wildman–Crippen MR) is 56.5 cm³/mol. The normalized spacial score (nSPS) is 23.1. The number of nitrogens with one attached hydrogen (secondary N) is 3. The van der Waals surface area contributed by atoms with E-state index < -0.39 is 23.6 Å². The van der Waals surface area contributed by atoms with E-state index in [0.29, 0.717) is 5.69 Å². The molecule has 0 bridgehead atoms. The van der Waals surface area contributed by atoms with E-state index in [2.05, 4.69) is 20.9 Å². The van der Waals surface area contributed by atoms with Crippen LogP contribution in [0.25, 0.3) is 0 Å². The molecular formula is C8H8N4O4S. The SMILES string of the molecule is O=C(O)NCC1(c2cscn2)NC(=O)NC1=O. The molecule has 1 atom stereocenters. The minimum Gasteiger partial charge on any atom is -0.465 e. The number of imide groups is 1. The third-order valence-electron chi connectivity index (χ3n) is 2.32. The summed E-state index contributed by atoms with van der Waals surface area (Å²) in [6.07, 6.45) is -1.28. The lowest BCUT2D eigenvalue weighted by Crippen LogP contribution is -2.52. The number of hydrogen-bond acceptors (Lipinski definition) is 5. The largest absolute Gasteiger partial charge is 0.465 e. The molecule has 0 radical (unpaired) electrons. The van der Waals surface area contributed by atoms with Gasteiger partial charge in [0, 0.05) is 5.38 Å². The summed E-state index contributed by atoms with van der Waals surface area (Å²) in [5.74, 6) is -0.623. The lowest BCUT2D eigenvalue weighted by molar-refractivity contribution is -0.124. The van der Waals surface area contributed by atoms with Crippen LogP contribution in [0.1, 0.15) is 5.69 Å². The molecule has 0 aliphatic carbocycles. The molecule has 0 saturated carbocycles. The molecule has 0 spiro atoms. The van der Waals surface area contributed by atoms with Crippen LogP contribution in [-0.2, 0) is 10.3 Å². The van der Waals surface area contributed by atoms with Gasteiger partial charge in [0.15, 0.2) is 5.54 Å². The molecule has 1 fully saturated rings. The maximum atomic E-state index is 11.8. The zero-order chi connectivity index (χ0) is 12.5. The average molecular weight is 256 g/mol. The second-order valence-electron chi connectivity index (χ2n) is 3.35. The number of nitrogens with zero attached hydrogens (tertiary/aromatic N) is 1. The van der Waals surface area contributed by atoms with Gasteiger partial charge in [-0.25, -0.2) is 14.6 Å². The zero-order valence-electron chi connectivity index (χ0n) is 8.39. The fraction of sp³-hybridized carbons (Fsp3) is 0.250. The Bertz CT molecular complexity index is 474. The summed E-state index contributed by atoms with van der Waals surface area (Å²) in [5, 5.41) is 16.7. The standard InChI is InChI=1S/C8H8N4O4S/c13-5-8(2-9-7(15)16,12-6(14)11-5)4-1-17-3-10-4/h1,3,9H,2H2,(H,15,16)(H2,11,12,13,14). The van der Waals surface area contributed by atoms with Crippen LogP contribution in [0.5, 0.6) is 0 Å². The first-order valence-corrected chi connectivity index (χ1v) is 5.48. The lowest BCUT2D eigenvalue weighted by Gasteiger charge is -2.23. The molecule has 90 valence electrons. The van der Waals surface area contributed by atoms with Gasteiger partial charge in [0.1, 0.15) is 0 Å². The second kappa shape index (κ2) is 4.01. The third kappa shape index (κ3) is 1.91. The van der Waals surface area contributed by atoms with Crippen molar-refractivity contribution in [3.8, 4) is 0 Å². The van der Waals surface area contributed by atoms with E-state index in [0.717, 1.165) is 0 Å².